The fourth-order valence-corrected chi connectivity index (χ4v) is 1.33. The van der Waals surface area contributed by atoms with Gasteiger partial charge in [0.1, 0.15) is 5.82 Å². The number of rotatable bonds is 6. The van der Waals surface area contributed by atoms with E-state index in [2.05, 4.69) is 15.3 Å². The largest absolute Gasteiger partial charge is 0.396 e. The molecule has 15 heavy (non-hydrogen) atoms. The Morgan fingerprint density at radius 1 is 1.40 bits per heavy atom. The Morgan fingerprint density at radius 3 is 2.80 bits per heavy atom. The zero-order valence-corrected chi connectivity index (χ0v) is 9.40. The first-order valence-electron chi connectivity index (χ1n) is 5.36. The summed E-state index contributed by atoms with van der Waals surface area (Å²) in [5, 5.41) is 12.1. The molecule has 0 radical (unpaired) electrons. The van der Waals surface area contributed by atoms with Gasteiger partial charge in [-0.3, -0.25) is 4.98 Å². The molecule has 1 aromatic rings. The Hall–Kier alpha value is -1.16. The van der Waals surface area contributed by atoms with Gasteiger partial charge in [0.05, 0.1) is 5.69 Å². The third-order valence-corrected chi connectivity index (χ3v) is 2.36. The van der Waals surface area contributed by atoms with E-state index in [4.69, 9.17) is 5.11 Å². The molecule has 0 spiro atoms. The van der Waals surface area contributed by atoms with E-state index in [1.165, 1.54) is 0 Å². The first-order valence-corrected chi connectivity index (χ1v) is 5.36. The lowest BCUT2D eigenvalue weighted by atomic mass is 10.1. The van der Waals surface area contributed by atoms with Crippen molar-refractivity contribution < 1.29 is 5.11 Å². The predicted octanol–water partition coefficient (Wildman–Crippen LogP) is 1.61. The van der Waals surface area contributed by atoms with E-state index in [-0.39, 0.29) is 6.61 Å². The van der Waals surface area contributed by atoms with Gasteiger partial charge in [0.25, 0.3) is 0 Å². The maximum atomic E-state index is 8.85. The summed E-state index contributed by atoms with van der Waals surface area (Å²) >= 11 is 0. The van der Waals surface area contributed by atoms with Crippen molar-refractivity contribution in [3.05, 3.63) is 18.1 Å². The molecule has 1 unspecified atom stereocenters. The molecule has 0 aliphatic carbocycles. The summed E-state index contributed by atoms with van der Waals surface area (Å²) in [5.74, 6) is 1.24. The monoisotopic (exact) mass is 209 g/mol. The molecule has 0 fully saturated rings. The van der Waals surface area contributed by atoms with Crippen molar-refractivity contribution in [1.29, 1.82) is 0 Å². The van der Waals surface area contributed by atoms with Crippen LogP contribution in [0.5, 0.6) is 0 Å². The number of aryl methyl sites for hydroxylation is 1. The van der Waals surface area contributed by atoms with E-state index in [9.17, 15) is 0 Å². The normalized spacial score (nSPS) is 12.5. The van der Waals surface area contributed by atoms with Gasteiger partial charge < -0.3 is 10.4 Å². The quantitative estimate of drug-likeness (QED) is 0.699. The van der Waals surface area contributed by atoms with Crippen LogP contribution in [0.4, 0.5) is 5.82 Å². The minimum Gasteiger partial charge on any atom is -0.396 e. The number of hydrogen-bond donors (Lipinski definition) is 2. The minimum atomic E-state index is 0.268. The molecule has 0 saturated carbocycles. The van der Waals surface area contributed by atoms with Gasteiger partial charge >= 0.3 is 0 Å². The highest BCUT2D eigenvalue weighted by molar-refractivity contribution is 5.37. The van der Waals surface area contributed by atoms with Gasteiger partial charge in [0.2, 0.25) is 0 Å². The molecule has 0 bridgehead atoms. The van der Waals surface area contributed by atoms with Gasteiger partial charge in [0, 0.05) is 25.5 Å². The molecule has 4 heteroatoms. The number of aromatic nitrogens is 2. The Bertz CT molecular complexity index is 291. The first kappa shape index (κ1) is 11.9. The maximum absolute atomic E-state index is 8.85. The Morgan fingerprint density at radius 2 is 2.13 bits per heavy atom. The third-order valence-electron chi connectivity index (χ3n) is 2.36. The number of nitrogens with one attached hydrogen (secondary N) is 1. The topological polar surface area (TPSA) is 58.0 Å². The van der Waals surface area contributed by atoms with Gasteiger partial charge in [0.15, 0.2) is 0 Å². The molecule has 1 atom stereocenters. The van der Waals surface area contributed by atoms with Gasteiger partial charge in [-0.2, -0.15) is 0 Å². The number of hydrogen-bond acceptors (Lipinski definition) is 4. The van der Waals surface area contributed by atoms with Crippen molar-refractivity contribution in [2.24, 2.45) is 5.92 Å². The van der Waals surface area contributed by atoms with Crippen LogP contribution in [0.2, 0.25) is 0 Å². The molecule has 0 aliphatic heterocycles. The van der Waals surface area contributed by atoms with E-state index >= 15 is 0 Å². The van der Waals surface area contributed by atoms with E-state index in [1.54, 1.807) is 12.4 Å². The number of aliphatic hydroxyl groups excluding tert-OH is 1. The van der Waals surface area contributed by atoms with Crippen molar-refractivity contribution in [2.45, 2.75) is 26.7 Å². The molecule has 0 aromatic carbocycles. The summed E-state index contributed by atoms with van der Waals surface area (Å²) < 4.78 is 0. The molecule has 0 amide bonds. The van der Waals surface area contributed by atoms with Crippen LogP contribution in [-0.2, 0) is 0 Å². The van der Waals surface area contributed by atoms with E-state index in [0.29, 0.717) is 5.92 Å². The van der Waals surface area contributed by atoms with Crippen LogP contribution in [0.3, 0.4) is 0 Å². The van der Waals surface area contributed by atoms with Crippen molar-refractivity contribution >= 4 is 5.82 Å². The fourth-order valence-electron chi connectivity index (χ4n) is 1.33. The molecule has 84 valence electrons. The zero-order chi connectivity index (χ0) is 11.1. The molecule has 1 aromatic heterocycles. The zero-order valence-electron chi connectivity index (χ0n) is 9.40. The SMILES string of the molecule is Cc1nccnc1NCCCC(C)CO. The summed E-state index contributed by atoms with van der Waals surface area (Å²) in [4.78, 5) is 8.34. The van der Waals surface area contributed by atoms with Crippen molar-refractivity contribution in [3.63, 3.8) is 0 Å². The summed E-state index contributed by atoms with van der Waals surface area (Å²) in [5.41, 5.74) is 0.924. The summed E-state index contributed by atoms with van der Waals surface area (Å²) in [6.07, 6.45) is 5.45. The van der Waals surface area contributed by atoms with Crippen LogP contribution in [0.25, 0.3) is 0 Å². The second-order valence-electron chi connectivity index (χ2n) is 3.85. The summed E-state index contributed by atoms with van der Waals surface area (Å²) in [6.45, 7) is 5.13. The fraction of sp³-hybridized carbons (Fsp3) is 0.636. The van der Waals surface area contributed by atoms with Gasteiger partial charge in [-0.25, -0.2) is 4.98 Å². The van der Waals surface area contributed by atoms with Crippen molar-refractivity contribution in [2.75, 3.05) is 18.5 Å². The minimum absolute atomic E-state index is 0.268. The molecular weight excluding hydrogens is 190 g/mol. The van der Waals surface area contributed by atoms with Crippen LogP contribution < -0.4 is 5.32 Å². The number of anilines is 1. The van der Waals surface area contributed by atoms with E-state index < -0.39 is 0 Å². The van der Waals surface area contributed by atoms with Crippen molar-refractivity contribution in [3.8, 4) is 0 Å². The lowest BCUT2D eigenvalue weighted by Gasteiger charge is -2.09. The van der Waals surface area contributed by atoms with Crippen LogP contribution in [-0.4, -0.2) is 28.2 Å². The van der Waals surface area contributed by atoms with Crippen LogP contribution >= 0.6 is 0 Å². The van der Waals surface area contributed by atoms with Crippen molar-refractivity contribution in [1.82, 2.24) is 9.97 Å². The van der Waals surface area contributed by atoms with E-state index in [0.717, 1.165) is 30.9 Å². The molecule has 1 heterocycles. The Balaban J connectivity index is 2.23. The van der Waals surface area contributed by atoms with Gasteiger partial charge in [-0.05, 0) is 25.7 Å². The van der Waals surface area contributed by atoms with Crippen LogP contribution in [0.1, 0.15) is 25.5 Å². The van der Waals surface area contributed by atoms with Gasteiger partial charge in [-0.1, -0.05) is 6.92 Å². The summed E-state index contributed by atoms with van der Waals surface area (Å²) in [6, 6.07) is 0. The van der Waals surface area contributed by atoms with Gasteiger partial charge in [-0.15, -0.1) is 0 Å². The maximum Gasteiger partial charge on any atom is 0.147 e. The summed E-state index contributed by atoms with van der Waals surface area (Å²) in [7, 11) is 0. The Kier molecular flexibility index (Phi) is 5.04. The highest BCUT2D eigenvalue weighted by atomic mass is 16.3. The molecule has 0 aliphatic rings. The molecule has 4 nitrogen and oxygen atoms in total. The smallest absolute Gasteiger partial charge is 0.147 e. The van der Waals surface area contributed by atoms with E-state index in [1.807, 2.05) is 13.8 Å². The Labute approximate surface area is 90.8 Å². The molecule has 2 N–H and O–H groups in total. The lowest BCUT2D eigenvalue weighted by molar-refractivity contribution is 0.229. The number of nitrogens with zero attached hydrogens (tertiary/aromatic N) is 2. The second-order valence-corrected chi connectivity index (χ2v) is 3.85. The average Bonchev–Trinajstić information content (AvgIpc) is 2.26. The first-order chi connectivity index (χ1) is 7.24. The average molecular weight is 209 g/mol. The highest BCUT2D eigenvalue weighted by Gasteiger charge is 2.01. The predicted molar refractivity (Wildman–Crippen MR) is 60.7 cm³/mol. The molecule has 0 saturated heterocycles. The molecular formula is C11H19N3O. The second kappa shape index (κ2) is 6.35. The van der Waals surface area contributed by atoms with Crippen LogP contribution in [0.15, 0.2) is 12.4 Å². The number of aliphatic hydroxyl groups is 1. The highest BCUT2D eigenvalue weighted by Crippen LogP contribution is 2.08. The lowest BCUT2D eigenvalue weighted by Crippen LogP contribution is -2.08. The van der Waals surface area contributed by atoms with Crippen LogP contribution in [0, 0.1) is 12.8 Å². The third kappa shape index (κ3) is 4.25. The standard InChI is InChI=1S/C11H19N3O/c1-9(8-15)4-3-5-13-11-10(2)12-6-7-14-11/h6-7,9,15H,3-5,8H2,1-2H3,(H,13,14). The molecule has 1 rings (SSSR count).